The highest BCUT2D eigenvalue weighted by Crippen LogP contribution is 2.67. The fourth-order valence-electron chi connectivity index (χ4n) is 7.80. The topological polar surface area (TPSA) is 102 Å². The van der Waals surface area contributed by atoms with E-state index in [4.69, 9.17) is 14.2 Å². The highest BCUT2D eigenvalue weighted by atomic mass is 16.6. The summed E-state index contributed by atoms with van der Waals surface area (Å²) in [4.78, 5) is 61.8. The van der Waals surface area contributed by atoms with Crippen molar-refractivity contribution in [2.75, 3.05) is 14.2 Å². The fourth-order valence-corrected chi connectivity index (χ4v) is 7.80. The van der Waals surface area contributed by atoms with Gasteiger partial charge in [-0.15, -0.1) is 0 Å². The van der Waals surface area contributed by atoms with Crippen molar-refractivity contribution in [2.45, 2.75) is 36.9 Å². The van der Waals surface area contributed by atoms with E-state index in [-0.39, 0.29) is 17.9 Å². The number of allylic oxidation sites excluding steroid dienone is 1. The average molecular weight is 643 g/mol. The quantitative estimate of drug-likeness (QED) is 0.143. The Morgan fingerprint density at radius 2 is 1.29 bits per heavy atom. The van der Waals surface area contributed by atoms with E-state index in [9.17, 15) is 9.59 Å². The van der Waals surface area contributed by atoms with E-state index in [0.717, 1.165) is 5.56 Å². The van der Waals surface area contributed by atoms with Crippen molar-refractivity contribution in [1.82, 2.24) is 9.80 Å². The maximum absolute atomic E-state index is 15.3. The van der Waals surface area contributed by atoms with Crippen LogP contribution >= 0.6 is 0 Å². The molecule has 1 amide bonds. The van der Waals surface area contributed by atoms with Crippen LogP contribution in [-0.2, 0) is 35.1 Å². The molecule has 4 aromatic rings. The molecule has 1 spiro atoms. The van der Waals surface area contributed by atoms with Gasteiger partial charge in [-0.2, -0.15) is 0 Å². The van der Waals surface area contributed by atoms with Crippen LogP contribution in [0.2, 0.25) is 0 Å². The number of amides is 1. The van der Waals surface area contributed by atoms with Crippen molar-refractivity contribution < 1.29 is 33.4 Å². The molecule has 48 heavy (non-hydrogen) atoms. The standard InChI is InChI=1S/C39H34N2O7/c1-25-30(35(43)46-2)33(28-20-12-6-13-21-28)41-36(44)38(37(45)47-3)31(27-18-10-5-11-19-27)32(34(42)29-22-14-7-15-23-29)39(41,48-38)40(25)24-26-16-8-4-9-17-26/h4-23,31-33H,24H2,1-3H3/t31-,32+,33?,38-,39-/m0/s1. The number of rotatable bonds is 8. The average Bonchev–Trinajstić information content (AvgIpc) is 3.60. The number of ketones is 1. The van der Waals surface area contributed by atoms with Gasteiger partial charge in [-0.25, -0.2) is 9.59 Å². The minimum Gasteiger partial charge on any atom is -0.466 e. The molecule has 7 rings (SSSR count). The maximum Gasteiger partial charge on any atom is 0.348 e. The molecule has 242 valence electrons. The zero-order chi connectivity index (χ0) is 33.6. The molecule has 0 saturated carbocycles. The Morgan fingerprint density at radius 3 is 1.85 bits per heavy atom. The lowest BCUT2D eigenvalue weighted by atomic mass is 9.66. The zero-order valence-corrected chi connectivity index (χ0v) is 26.7. The lowest BCUT2D eigenvalue weighted by molar-refractivity contribution is -0.222. The number of hydrogen-bond acceptors (Lipinski definition) is 8. The molecular formula is C39H34N2O7. The lowest BCUT2D eigenvalue weighted by Crippen LogP contribution is -2.70. The second kappa shape index (κ2) is 11.9. The van der Waals surface area contributed by atoms with E-state index in [1.54, 1.807) is 84.6 Å². The third-order valence-corrected chi connectivity index (χ3v) is 9.77. The van der Waals surface area contributed by atoms with Crippen molar-refractivity contribution in [3.05, 3.63) is 155 Å². The highest BCUT2D eigenvalue weighted by molar-refractivity contribution is 6.14. The molecular weight excluding hydrogens is 608 g/mol. The van der Waals surface area contributed by atoms with Crippen molar-refractivity contribution in [1.29, 1.82) is 0 Å². The number of methoxy groups -OCH3 is 2. The first kappa shape index (κ1) is 31.1. The van der Waals surface area contributed by atoms with Crippen LogP contribution in [0.5, 0.6) is 0 Å². The summed E-state index contributed by atoms with van der Waals surface area (Å²) < 4.78 is 17.8. The smallest absolute Gasteiger partial charge is 0.348 e. The molecule has 0 N–H and O–H groups in total. The number of carbonyl (C=O) groups excluding carboxylic acids is 4. The number of ether oxygens (including phenoxy) is 3. The molecule has 0 radical (unpaired) electrons. The molecule has 9 nitrogen and oxygen atoms in total. The fraction of sp³-hybridized carbons (Fsp3) is 0.231. The molecule has 1 unspecified atom stereocenters. The minimum atomic E-state index is -2.26. The van der Waals surface area contributed by atoms with Crippen LogP contribution in [0, 0.1) is 5.92 Å². The second-order valence-corrected chi connectivity index (χ2v) is 12.1. The molecule has 5 atom stereocenters. The molecule has 0 aromatic heterocycles. The predicted molar refractivity (Wildman–Crippen MR) is 175 cm³/mol. The number of esters is 2. The van der Waals surface area contributed by atoms with Crippen LogP contribution < -0.4 is 0 Å². The molecule has 3 aliphatic heterocycles. The molecule has 9 heteroatoms. The van der Waals surface area contributed by atoms with Gasteiger partial charge in [0.25, 0.3) is 11.5 Å². The molecule has 2 saturated heterocycles. The van der Waals surface area contributed by atoms with Gasteiger partial charge in [0.05, 0.1) is 31.8 Å². The molecule has 4 aromatic carbocycles. The van der Waals surface area contributed by atoms with Gasteiger partial charge in [0.2, 0.25) is 5.85 Å². The summed E-state index contributed by atoms with van der Waals surface area (Å²) in [5.41, 5.74) is 0.743. The number of piperidine rings is 1. The van der Waals surface area contributed by atoms with Crippen LogP contribution in [0.3, 0.4) is 0 Å². The van der Waals surface area contributed by atoms with E-state index in [0.29, 0.717) is 22.4 Å². The Hall–Kier alpha value is -5.54. The van der Waals surface area contributed by atoms with Crippen LogP contribution in [0.25, 0.3) is 0 Å². The Morgan fingerprint density at radius 1 is 0.750 bits per heavy atom. The SMILES string of the molecule is COC(=O)C1=C(C)N(Cc2ccccc2)[C@]23O[C@](C(=O)OC)(C(=O)N2C1c1ccccc1)[C@@H](c1ccccc1)[C@@H]3C(=O)c1ccccc1. The summed E-state index contributed by atoms with van der Waals surface area (Å²) in [6.45, 7) is 1.90. The van der Waals surface area contributed by atoms with Gasteiger partial charge in [-0.3, -0.25) is 14.5 Å². The number of nitrogens with zero attached hydrogens (tertiary/aromatic N) is 2. The normalized spacial score (nSPS) is 25.9. The lowest BCUT2D eigenvalue weighted by Gasteiger charge is -2.56. The number of fused-ring (bicyclic) bond motifs is 1. The number of benzene rings is 4. The van der Waals surface area contributed by atoms with Crippen LogP contribution in [-0.4, -0.2) is 59.1 Å². The second-order valence-electron chi connectivity index (χ2n) is 12.1. The first-order chi connectivity index (χ1) is 23.3. The summed E-state index contributed by atoms with van der Waals surface area (Å²) in [6.07, 6.45) is 0. The van der Waals surface area contributed by atoms with Gasteiger partial charge in [0.1, 0.15) is 5.92 Å². The van der Waals surface area contributed by atoms with Crippen molar-refractivity contribution in [3.8, 4) is 0 Å². The first-order valence-corrected chi connectivity index (χ1v) is 15.7. The first-order valence-electron chi connectivity index (χ1n) is 15.7. The monoisotopic (exact) mass is 642 g/mol. The summed E-state index contributed by atoms with van der Waals surface area (Å²) in [7, 11) is 2.49. The van der Waals surface area contributed by atoms with E-state index in [1.807, 2.05) is 48.5 Å². The van der Waals surface area contributed by atoms with Crippen molar-refractivity contribution >= 4 is 23.6 Å². The zero-order valence-electron chi connectivity index (χ0n) is 26.7. The Balaban J connectivity index is 1.61. The Bertz CT molecular complexity index is 1920. The van der Waals surface area contributed by atoms with Crippen molar-refractivity contribution in [2.24, 2.45) is 5.92 Å². The predicted octanol–water partition coefficient (Wildman–Crippen LogP) is 5.41. The van der Waals surface area contributed by atoms with Crippen LogP contribution in [0.4, 0.5) is 0 Å². The molecule has 0 aliphatic carbocycles. The van der Waals surface area contributed by atoms with Gasteiger partial charge < -0.3 is 19.1 Å². The summed E-state index contributed by atoms with van der Waals surface area (Å²) in [5.74, 6) is -6.72. The molecule has 2 fully saturated rings. The minimum absolute atomic E-state index is 0.135. The molecule has 2 bridgehead atoms. The Labute approximate surface area is 278 Å². The van der Waals surface area contributed by atoms with E-state index >= 15 is 9.59 Å². The number of Topliss-reactive ketones (excluding diaryl/α,β-unsaturated/α-hetero) is 1. The Kier molecular flexibility index (Phi) is 7.72. The molecule has 3 aliphatic rings. The van der Waals surface area contributed by atoms with Gasteiger partial charge in [-0.05, 0) is 23.6 Å². The summed E-state index contributed by atoms with van der Waals surface area (Å²) in [6, 6.07) is 35.2. The van der Waals surface area contributed by atoms with Crippen LogP contribution in [0.15, 0.2) is 133 Å². The van der Waals surface area contributed by atoms with Crippen molar-refractivity contribution in [3.63, 3.8) is 0 Å². The summed E-state index contributed by atoms with van der Waals surface area (Å²) in [5, 5.41) is 0. The largest absolute Gasteiger partial charge is 0.466 e. The third-order valence-electron chi connectivity index (χ3n) is 9.77. The summed E-state index contributed by atoms with van der Waals surface area (Å²) >= 11 is 0. The third kappa shape index (κ3) is 4.34. The van der Waals surface area contributed by atoms with Gasteiger partial charge >= 0.3 is 11.9 Å². The van der Waals surface area contributed by atoms with Gasteiger partial charge in [0.15, 0.2) is 5.78 Å². The van der Waals surface area contributed by atoms with E-state index < -0.39 is 47.2 Å². The van der Waals surface area contributed by atoms with E-state index in [1.165, 1.54) is 19.1 Å². The van der Waals surface area contributed by atoms with Gasteiger partial charge in [0, 0.05) is 17.8 Å². The molecule has 3 heterocycles. The highest BCUT2D eigenvalue weighted by Gasteiger charge is 2.84. The number of hydrogen-bond donors (Lipinski definition) is 0. The maximum atomic E-state index is 15.3. The number of carbonyl (C=O) groups is 4. The van der Waals surface area contributed by atoms with E-state index in [2.05, 4.69) is 0 Å². The van der Waals surface area contributed by atoms with Gasteiger partial charge in [-0.1, -0.05) is 121 Å². The van der Waals surface area contributed by atoms with Crippen LogP contribution in [0.1, 0.15) is 45.9 Å².